The molecule has 1 aromatic rings. The van der Waals surface area contributed by atoms with Crippen LogP contribution in [0.4, 0.5) is 10.5 Å². The van der Waals surface area contributed by atoms with E-state index >= 15 is 0 Å². The predicted molar refractivity (Wildman–Crippen MR) is 81.5 cm³/mol. The summed E-state index contributed by atoms with van der Waals surface area (Å²) in [5.41, 5.74) is 1.91. The number of nitrogens with one attached hydrogen (secondary N) is 1. The van der Waals surface area contributed by atoms with Crippen molar-refractivity contribution in [3.63, 3.8) is 0 Å². The van der Waals surface area contributed by atoms with E-state index < -0.39 is 11.9 Å². The SMILES string of the molecule is CC(C)c1cccc(NC(=O)N2CCC(C(=O)O)C2C)c1. The van der Waals surface area contributed by atoms with Crippen molar-refractivity contribution >= 4 is 17.7 Å². The van der Waals surface area contributed by atoms with E-state index in [1.54, 1.807) is 11.8 Å². The van der Waals surface area contributed by atoms with Crippen LogP contribution >= 0.6 is 0 Å². The van der Waals surface area contributed by atoms with E-state index in [0.29, 0.717) is 18.9 Å². The molecule has 114 valence electrons. The van der Waals surface area contributed by atoms with Crippen LogP contribution in [-0.2, 0) is 4.79 Å². The predicted octanol–water partition coefficient (Wildman–Crippen LogP) is 3.14. The largest absolute Gasteiger partial charge is 0.481 e. The van der Waals surface area contributed by atoms with Crippen molar-refractivity contribution in [2.24, 2.45) is 5.92 Å². The number of carbonyl (C=O) groups is 2. The molecule has 21 heavy (non-hydrogen) atoms. The Kier molecular flexibility index (Phi) is 4.50. The third kappa shape index (κ3) is 3.35. The Bertz CT molecular complexity index is 542. The maximum Gasteiger partial charge on any atom is 0.322 e. The molecule has 0 bridgehead atoms. The highest BCUT2D eigenvalue weighted by molar-refractivity contribution is 5.90. The third-order valence-corrected chi connectivity index (χ3v) is 4.14. The van der Waals surface area contributed by atoms with E-state index in [4.69, 9.17) is 5.11 Å². The summed E-state index contributed by atoms with van der Waals surface area (Å²) in [6.45, 7) is 6.46. The van der Waals surface area contributed by atoms with Crippen LogP contribution in [0, 0.1) is 5.92 Å². The van der Waals surface area contributed by atoms with Gasteiger partial charge in [0.15, 0.2) is 0 Å². The van der Waals surface area contributed by atoms with E-state index in [9.17, 15) is 9.59 Å². The van der Waals surface area contributed by atoms with Crippen LogP contribution in [0.25, 0.3) is 0 Å². The molecular formula is C16H22N2O3. The van der Waals surface area contributed by atoms with Crippen LogP contribution in [0.15, 0.2) is 24.3 Å². The number of aliphatic carboxylic acids is 1. The Morgan fingerprint density at radius 1 is 1.38 bits per heavy atom. The molecule has 0 aliphatic carbocycles. The zero-order chi connectivity index (χ0) is 15.6. The second-order valence-corrected chi connectivity index (χ2v) is 5.88. The van der Waals surface area contributed by atoms with Gasteiger partial charge in [0.2, 0.25) is 0 Å². The van der Waals surface area contributed by atoms with Gasteiger partial charge in [-0.3, -0.25) is 4.79 Å². The van der Waals surface area contributed by atoms with Crippen LogP contribution in [-0.4, -0.2) is 34.6 Å². The standard InChI is InChI=1S/C16H22N2O3/c1-10(2)12-5-4-6-13(9-12)17-16(21)18-8-7-14(11(18)3)15(19)20/h4-6,9-11,14H,7-8H2,1-3H3,(H,17,21)(H,19,20). The fraction of sp³-hybridized carbons (Fsp3) is 0.500. The molecule has 2 atom stereocenters. The molecule has 1 aromatic carbocycles. The zero-order valence-corrected chi connectivity index (χ0v) is 12.7. The Labute approximate surface area is 125 Å². The van der Waals surface area contributed by atoms with E-state index in [1.807, 2.05) is 24.3 Å². The second-order valence-electron chi connectivity index (χ2n) is 5.88. The number of urea groups is 1. The zero-order valence-electron chi connectivity index (χ0n) is 12.7. The van der Waals surface area contributed by atoms with Gasteiger partial charge < -0.3 is 15.3 Å². The molecule has 2 rings (SSSR count). The molecule has 1 aliphatic rings. The van der Waals surface area contributed by atoms with Crippen molar-refractivity contribution < 1.29 is 14.7 Å². The molecule has 0 aromatic heterocycles. The maximum absolute atomic E-state index is 12.3. The molecule has 2 amide bonds. The minimum atomic E-state index is -0.834. The topological polar surface area (TPSA) is 69.6 Å². The van der Waals surface area contributed by atoms with Crippen molar-refractivity contribution in [1.29, 1.82) is 0 Å². The molecule has 1 fully saturated rings. The molecule has 5 nitrogen and oxygen atoms in total. The average Bonchev–Trinajstić information content (AvgIpc) is 2.81. The Balaban J connectivity index is 2.05. The number of benzene rings is 1. The van der Waals surface area contributed by atoms with Gasteiger partial charge in [0.05, 0.1) is 5.92 Å². The van der Waals surface area contributed by atoms with E-state index in [-0.39, 0.29) is 12.1 Å². The maximum atomic E-state index is 12.3. The Morgan fingerprint density at radius 2 is 2.10 bits per heavy atom. The van der Waals surface area contributed by atoms with Crippen molar-refractivity contribution in [1.82, 2.24) is 4.90 Å². The van der Waals surface area contributed by atoms with E-state index in [1.165, 1.54) is 0 Å². The van der Waals surface area contributed by atoms with Gasteiger partial charge in [0, 0.05) is 18.3 Å². The molecule has 5 heteroatoms. The monoisotopic (exact) mass is 290 g/mol. The lowest BCUT2D eigenvalue weighted by atomic mass is 10.0. The summed E-state index contributed by atoms with van der Waals surface area (Å²) in [7, 11) is 0. The van der Waals surface area contributed by atoms with Crippen LogP contribution in [0.1, 0.15) is 38.7 Å². The molecule has 1 saturated heterocycles. The van der Waals surface area contributed by atoms with Crippen molar-refractivity contribution in [2.75, 3.05) is 11.9 Å². The number of carbonyl (C=O) groups excluding carboxylic acids is 1. The molecule has 0 spiro atoms. The van der Waals surface area contributed by atoms with Crippen molar-refractivity contribution in [3.8, 4) is 0 Å². The first kappa shape index (κ1) is 15.4. The van der Waals surface area contributed by atoms with Gasteiger partial charge in [0.25, 0.3) is 0 Å². The average molecular weight is 290 g/mol. The van der Waals surface area contributed by atoms with Crippen LogP contribution < -0.4 is 5.32 Å². The number of carboxylic acid groups (broad SMARTS) is 1. The number of carboxylic acids is 1. The number of hydrogen-bond acceptors (Lipinski definition) is 2. The first-order valence-corrected chi connectivity index (χ1v) is 7.30. The summed E-state index contributed by atoms with van der Waals surface area (Å²) in [4.78, 5) is 25.0. The van der Waals surface area contributed by atoms with Crippen molar-refractivity contribution in [3.05, 3.63) is 29.8 Å². The first-order chi connectivity index (χ1) is 9.90. The molecule has 1 heterocycles. The van der Waals surface area contributed by atoms with Crippen LogP contribution in [0.2, 0.25) is 0 Å². The van der Waals surface area contributed by atoms with Gasteiger partial charge in [-0.15, -0.1) is 0 Å². The normalized spacial score (nSPS) is 21.6. The summed E-state index contributed by atoms with van der Waals surface area (Å²) in [6, 6.07) is 7.23. The number of anilines is 1. The van der Waals surface area contributed by atoms with Crippen LogP contribution in [0.3, 0.4) is 0 Å². The summed E-state index contributed by atoms with van der Waals surface area (Å²) in [5, 5.41) is 12.0. The fourth-order valence-corrected chi connectivity index (χ4v) is 2.73. The summed E-state index contributed by atoms with van der Waals surface area (Å²) < 4.78 is 0. The number of hydrogen-bond donors (Lipinski definition) is 2. The molecular weight excluding hydrogens is 268 g/mol. The number of likely N-dealkylation sites (tertiary alicyclic amines) is 1. The lowest BCUT2D eigenvalue weighted by Crippen LogP contribution is -2.40. The van der Waals surface area contributed by atoms with Gasteiger partial charge in [-0.2, -0.15) is 0 Å². The van der Waals surface area contributed by atoms with Gasteiger partial charge in [-0.05, 0) is 37.0 Å². The fourth-order valence-electron chi connectivity index (χ4n) is 2.73. The Morgan fingerprint density at radius 3 is 2.67 bits per heavy atom. The highest BCUT2D eigenvalue weighted by Gasteiger charge is 2.38. The summed E-state index contributed by atoms with van der Waals surface area (Å²) >= 11 is 0. The molecule has 1 aliphatic heterocycles. The number of rotatable bonds is 3. The highest BCUT2D eigenvalue weighted by Crippen LogP contribution is 2.25. The second kappa shape index (κ2) is 6.16. The number of nitrogens with zero attached hydrogens (tertiary/aromatic N) is 1. The first-order valence-electron chi connectivity index (χ1n) is 7.30. The molecule has 2 N–H and O–H groups in total. The minimum absolute atomic E-state index is 0.229. The molecule has 0 radical (unpaired) electrons. The van der Waals surface area contributed by atoms with Gasteiger partial charge in [0.1, 0.15) is 0 Å². The molecule has 2 unspecified atom stereocenters. The lowest BCUT2D eigenvalue weighted by molar-refractivity contribution is -0.142. The van der Waals surface area contributed by atoms with Crippen molar-refractivity contribution in [2.45, 2.75) is 39.2 Å². The van der Waals surface area contributed by atoms with Crippen LogP contribution in [0.5, 0.6) is 0 Å². The molecule has 0 saturated carbocycles. The van der Waals surface area contributed by atoms with Gasteiger partial charge in [-0.25, -0.2) is 4.79 Å². The summed E-state index contributed by atoms with van der Waals surface area (Å²) in [5.74, 6) is -0.915. The van der Waals surface area contributed by atoms with E-state index in [2.05, 4.69) is 19.2 Å². The van der Waals surface area contributed by atoms with E-state index in [0.717, 1.165) is 11.3 Å². The lowest BCUT2D eigenvalue weighted by Gasteiger charge is -2.23. The number of amides is 2. The summed E-state index contributed by atoms with van der Waals surface area (Å²) in [6.07, 6.45) is 0.510. The van der Waals surface area contributed by atoms with Gasteiger partial charge in [-0.1, -0.05) is 26.0 Å². The Hall–Kier alpha value is -2.04. The third-order valence-electron chi connectivity index (χ3n) is 4.14. The van der Waals surface area contributed by atoms with Gasteiger partial charge >= 0.3 is 12.0 Å². The smallest absolute Gasteiger partial charge is 0.322 e. The highest BCUT2D eigenvalue weighted by atomic mass is 16.4. The minimum Gasteiger partial charge on any atom is -0.481 e. The quantitative estimate of drug-likeness (QED) is 0.898.